The molecule has 6 nitrogen and oxygen atoms in total. The standard InChI is InChI=1S/C20H18N4O2/c1-26-15-10-8-14(9-11-15)22-19(25)13-24-18-7-3-2-5-16(18)23-20(24)17-6-4-12-21-17/h2-3,5-12H,4,13H2,1H3,(H,22,25). The van der Waals surface area contributed by atoms with Crippen LogP contribution in [0.4, 0.5) is 5.69 Å². The number of nitrogens with zero attached hydrogens (tertiary/aromatic N) is 3. The zero-order valence-electron chi connectivity index (χ0n) is 14.3. The lowest BCUT2D eigenvalue weighted by molar-refractivity contribution is -0.116. The van der Waals surface area contributed by atoms with Crippen molar-refractivity contribution in [1.29, 1.82) is 0 Å². The zero-order chi connectivity index (χ0) is 17.9. The average Bonchev–Trinajstić information content (AvgIpc) is 3.31. The molecule has 0 atom stereocenters. The number of hydrogen-bond donors (Lipinski definition) is 1. The Morgan fingerprint density at radius 3 is 2.73 bits per heavy atom. The van der Waals surface area contributed by atoms with Crippen molar-refractivity contribution in [3.63, 3.8) is 0 Å². The van der Waals surface area contributed by atoms with E-state index in [2.05, 4.69) is 15.3 Å². The van der Waals surface area contributed by atoms with Gasteiger partial charge in [0.05, 0.1) is 18.1 Å². The van der Waals surface area contributed by atoms with Crippen molar-refractivity contribution >= 4 is 34.5 Å². The summed E-state index contributed by atoms with van der Waals surface area (Å²) in [6, 6.07) is 15.0. The molecular weight excluding hydrogens is 328 g/mol. The second-order valence-electron chi connectivity index (χ2n) is 5.92. The number of hydrogen-bond acceptors (Lipinski definition) is 4. The van der Waals surface area contributed by atoms with Crippen LogP contribution in [0.5, 0.6) is 5.75 Å². The van der Waals surface area contributed by atoms with Gasteiger partial charge in [0.15, 0.2) is 5.82 Å². The summed E-state index contributed by atoms with van der Waals surface area (Å²) in [5, 5.41) is 2.91. The Hall–Kier alpha value is -3.41. The first-order valence-electron chi connectivity index (χ1n) is 8.37. The molecule has 26 heavy (non-hydrogen) atoms. The van der Waals surface area contributed by atoms with Crippen LogP contribution in [0.2, 0.25) is 0 Å². The van der Waals surface area contributed by atoms with E-state index < -0.39 is 0 Å². The van der Waals surface area contributed by atoms with Gasteiger partial charge in [0.25, 0.3) is 0 Å². The van der Waals surface area contributed by atoms with Gasteiger partial charge in [-0.25, -0.2) is 4.98 Å². The molecule has 0 spiro atoms. The van der Waals surface area contributed by atoms with E-state index in [1.807, 2.05) is 65.4 Å². The van der Waals surface area contributed by atoms with Gasteiger partial charge >= 0.3 is 0 Å². The van der Waals surface area contributed by atoms with Crippen LogP contribution in [-0.2, 0) is 11.3 Å². The molecule has 1 amide bonds. The number of aliphatic imine (C=N–C) groups is 1. The summed E-state index contributed by atoms with van der Waals surface area (Å²) in [6.45, 7) is 0.161. The predicted molar refractivity (Wildman–Crippen MR) is 102 cm³/mol. The highest BCUT2D eigenvalue weighted by molar-refractivity contribution is 5.93. The van der Waals surface area contributed by atoms with Crippen LogP contribution in [0.3, 0.4) is 0 Å². The zero-order valence-corrected chi connectivity index (χ0v) is 14.3. The topological polar surface area (TPSA) is 68.5 Å². The van der Waals surface area contributed by atoms with Crippen LogP contribution >= 0.6 is 0 Å². The van der Waals surface area contributed by atoms with Gasteiger partial charge in [-0.05, 0) is 42.5 Å². The van der Waals surface area contributed by atoms with Crippen LogP contribution in [0.25, 0.3) is 16.7 Å². The fourth-order valence-electron chi connectivity index (χ4n) is 2.97. The number of methoxy groups -OCH3 is 1. The third kappa shape index (κ3) is 3.09. The monoisotopic (exact) mass is 346 g/mol. The van der Waals surface area contributed by atoms with Gasteiger partial charge in [-0.1, -0.05) is 12.1 Å². The molecule has 4 rings (SSSR count). The molecule has 0 aliphatic carbocycles. The number of imidazole rings is 1. The number of allylic oxidation sites excluding steroid dienone is 1. The molecule has 0 unspecified atom stereocenters. The summed E-state index contributed by atoms with van der Waals surface area (Å²) in [5.41, 5.74) is 3.29. The molecule has 2 aromatic carbocycles. The summed E-state index contributed by atoms with van der Waals surface area (Å²) in [4.78, 5) is 21.6. The summed E-state index contributed by atoms with van der Waals surface area (Å²) in [6.07, 6.45) is 4.64. The highest BCUT2D eigenvalue weighted by Gasteiger charge is 2.17. The number of carbonyl (C=O) groups is 1. The highest BCUT2D eigenvalue weighted by Crippen LogP contribution is 2.25. The van der Waals surface area contributed by atoms with Gasteiger partial charge in [0.1, 0.15) is 18.0 Å². The Bertz CT molecular complexity index is 1020. The van der Waals surface area contributed by atoms with Crippen molar-refractivity contribution in [3.05, 3.63) is 60.4 Å². The van der Waals surface area contributed by atoms with Crippen molar-refractivity contribution in [2.24, 2.45) is 4.99 Å². The quantitative estimate of drug-likeness (QED) is 0.769. The van der Waals surface area contributed by atoms with Gasteiger partial charge in [-0.3, -0.25) is 9.79 Å². The average molecular weight is 346 g/mol. The minimum Gasteiger partial charge on any atom is -0.497 e. The van der Waals surface area contributed by atoms with Crippen LogP contribution < -0.4 is 10.1 Å². The fourth-order valence-corrected chi connectivity index (χ4v) is 2.97. The normalized spacial score (nSPS) is 13.0. The molecule has 6 heteroatoms. The van der Waals surface area contributed by atoms with E-state index in [1.165, 1.54) is 0 Å². The minimum atomic E-state index is -0.123. The lowest BCUT2D eigenvalue weighted by Gasteiger charge is -2.10. The van der Waals surface area contributed by atoms with Crippen molar-refractivity contribution in [3.8, 4) is 5.75 Å². The molecule has 0 saturated carbocycles. The molecule has 0 radical (unpaired) electrons. The highest BCUT2D eigenvalue weighted by atomic mass is 16.5. The molecule has 1 aliphatic rings. The largest absolute Gasteiger partial charge is 0.497 e. The molecule has 0 bridgehead atoms. The summed E-state index contributed by atoms with van der Waals surface area (Å²) < 4.78 is 7.04. The van der Waals surface area contributed by atoms with Crippen LogP contribution in [-0.4, -0.2) is 28.8 Å². The third-order valence-electron chi connectivity index (χ3n) is 4.21. The summed E-state index contributed by atoms with van der Waals surface area (Å²) >= 11 is 0. The van der Waals surface area contributed by atoms with Gasteiger partial charge in [-0.2, -0.15) is 0 Å². The lowest BCUT2D eigenvalue weighted by Crippen LogP contribution is -2.19. The van der Waals surface area contributed by atoms with Crippen LogP contribution in [0, 0.1) is 0 Å². The van der Waals surface area contributed by atoms with E-state index in [4.69, 9.17) is 4.74 Å². The molecule has 1 N–H and O–H groups in total. The number of amides is 1. The lowest BCUT2D eigenvalue weighted by atomic mass is 10.3. The van der Waals surface area contributed by atoms with E-state index in [1.54, 1.807) is 7.11 Å². The van der Waals surface area contributed by atoms with E-state index >= 15 is 0 Å². The Labute approximate surface area is 150 Å². The molecule has 1 aromatic heterocycles. The number of nitrogens with one attached hydrogen (secondary N) is 1. The molecule has 1 aliphatic heterocycles. The Morgan fingerprint density at radius 1 is 1.19 bits per heavy atom. The first-order chi connectivity index (χ1) is 12.7. The first-order valence-corrected chi connectivity index (χ1v) is 8.37. The number of aromatic nitrogens is 2. The van der Waals surface area contributed by atoms with Crippen molar-refractivity contribution < 1.29 is 9.53 Å². The number of anilines is 1. The SMILES string of the molecule is COc1ccc(NC(=O)Cn2c(C3=CCC=N3)nc3ccccc32)cc1. The maximum atomic E-state index is 12.6. The van der Waals surface area contributed by atoms with E-state index in [9.17, 15) is 4.79 Å². The van der Waals surface area contributed by atoms with Crippen molar-refractivity contribution in [2.45, 2.75) is 13.0 Å². The van der Waals surface area contributed by atoms with E-state index in [0.717, 1.165) is 34.6 Å². The molecule has 0 fully saturated rings. The van der Waals surface area contributed by atoms with Gasteiger partial charge in [0.2, 0.25) is 5.91 Å². The maximum Gasteiger partial charge on any atom is 0.244 e. The number of ether oxygens (including phenoxy) is 1. The molecule has 2 heterocycles. The molecule has 3 aromatic rings. The second-order valence-corrected chi connectivity index (χ2v) is 5.92. The molecule has 130 valence electrons. The fraction of sp³-hybridized carbons (Fsp3) is 0.150. The molecular formula is C20H18N4O2. The van der Waals surface area contributed by atoms with Crippen LogP contribution in [0.1, 0.15) is 12.2 Å². The number of para-hydroxylation sites is 2. The second kappa shape index (κ2) is 6.84. The Balaban J connectivity index is 1.62. The Morgan fingerprint density at radius 2 is 2.00 bits per heavy atom. The van der Waals surface area contributed by atoms with Crippen molar-refractivity contribution in [2.75, 3.05) is 12.4 Å². The van der Waals surface area contributed by atoms with E-state index in [-0.39, 0.29) is 12.5 Å². The maximum absolute atomic E-state index is 12.6. The van der Waals surface area contributed by atoms with Gasteiger partial charge < -0.3 is 14.6 Å². The minimum absolute atomic E-state index is 0.123. The Kier molecular flexibility index (Phi) is 4.23. The third-order valence-corrected chi connectivity index (χ3v) is 4.21. The number of rotatable bonds is 5. The van der Waals surface area contributed by atoms with Crippen molar-refractivity contribution in [1.82, 2.24) is 9.55 Å². The van der Waals surface area contributed by atoms with E-state index in [0.29, 0.717) is 5.82 Å². The molecule has 0 saturated heterocycles. The summed E-state index contributed by atoms with van der Waals surface area (Å²) in [7, 11) is 1.61. The first kappa shape index (κ1) is 16.1. The predicted octanol–water partition coefficient (Wildman–Crippen LogP) is 3.50. The van der Waals surface area contributed by atoms with Crippen LogP contribution in [0.15, 0.2) is 59.6 Å². The van der Waals surface area contributed by atoms with Gasteiger partial charge in [-0.15, -0.1) is 0 Å². The smallest absolute Gasteiger partial charge is 0.244 e. The number of benzene rings is 2. The number of fused-ring (bicyclic) bond motifs is 1. The summed E-state index contributed by atoms with van der Waals surface area (Å²) in [5.74, 6) is 1.34. The van der Waals surface area contributed by atoms with Gasteiger partial charge in [0, 0.05) is 18.3 Å². The number of carbonyl (C=O) groups excluding carboxylic acids is 1.